The van der Waals surface area contributed by atoms with Gasteiger partial charge in [-0.05, 0) is 25.0 Å². The van der Waals surface area contributed by atoms with Crippen molar-refractivity contribution in [1.29, 1.82) is 0 Å². The minimum atomic E-state index is -0.859. The van der Waals surface area contributed by atoms with Crippen LogP contribution in [0.1, 0.15) is 18.9 Å². The number of pyridine rings is 1. The second-order valence-corrected chi connectivity index (χ2v) is 3.70. The molecule has 1 aromatic heterocycles. The maximum atomic E-state index is 10.9. The lowest BCUT2D eigenvalue weighted by atomic mass is 9.81. The fourth-order valence-electron chi connectivity index (χ4n) is 1.85. The second kappa shape index (κ2) is 2.97. The van der Waals surface area contributed by atoms with Crippen LogP contribution in [0.2, 0.25) is 0 Å². The molecule has 1 saturated heterocycles. The molecule has 2 heterocycles. The van der Waals surface area contributed by atoms with Crippen LogP contribution in [0.3, 0.4) is 0 Å². The summed E-state index contributed by atoms with van der Waals surface area (Å²) >= 11 is 0. The van der Waals surface area contributed by atoms with Crippen molar-refractivity contribution in [2.75, 3.05) is 6.54 Å². The van der Waals surface area contributed by atoms with E-state index >= 15 is 0 Å². The molecule has 1 N–H and O–H groups in total. The van der Waals surface area contributed by atoms with Crippen LogP contribution < -0.4 is 0 Å². The van der Waals surface area contributed by atoms with E-state index in [-0.39, 0.29) is 5.54 Å². The van der Waals surface area contributed by atoms with Gasteiger partial charge in [0.05, 0.1) is 5.54 Å². The third-order valence-corrected chi connectivity index (χ3v) is 2.93. The first kappa shape index (κ1) is 8.99. The number of rotatable bonds is 1. The Morgan fingerprint density at radius 1 is 1.71 bits per heavy atom. The first-order valence-corrected chi connectivity index (χ1v) is 4.56. The maximum Gasteiger partial charge on any atom is 0.408 e. The van der Waals surface area contributed by atoms with Gasteiger partial charge in [-0.2, -0.15) is 0 Å². The molecule has 1 unspecified atom stereocenters. The summed E-state index contributed by atoms with van der Waals surface area (Å²) in [4.78, 5) is 16.3. The van der Waals surface area contributed by atoms with Gasteiger partial charge in [-0.15, -0.1) is 0 Å². The van der Waals surface area contributed by atoms with Crippen LogP contribution in [-0.4, -0.2) is 27.6 Å². The fraction of sp³-hybridized carbons (Fsp3) is 0.400. The molecule has 14 heavy (non-hydrogen) atoms. The van der Waals surface area contributed by atoms with Crippen molar-refractivity contribution in [3.8, 4) is 0 Å². The number of hydrogen-bond donors (Lipinski definition) is 1. The summed E-state index contributed by atoms with van der Waals surface area (Å²) in [5.74, 6) is 0. The lowest BCUT2D eigenvalue weighted by Gasteiger charge is -2.49. The number of carbonyl (C=O) groups is 1. The highest BCUT2D eigenvalue weighted by molar-refractivity contribution is 5.68. The third kappa shape index (κ3) is 1.14. The Morgan fingerprint density at radius 2 is 2.50 bits per heavy atom. The first-order valence-electron chi connectivity index (χ1n) is 4.56. The largest absolute Gasteiger partial charge is 0.465 e. The van der Waals surface area contributed by atoms with Crippen LogP contribution in [0.5, 0.6) is 0 Å². The van der Waals surface area contributed by atoms with E-state index in [1.54, 1.807) is 12.4 Å². The first-order chi connectivity index (χ1) is 6.64. The van der Waals surface area contributed by atoms with Gasteiger partial charge in [-0.1, -0.05) is 6.07 Å². The van der Waals surface area contributed by atoms with Crippen LogP contribution in [0, 0.1) is 0 Å². The van der Waals surface area contributed by atoms with Gasteiger partial charge in [0.25, 0.3) is 0 Å². The van der Waals surface area contributed by atoms with Gasteiger partial charge in [-0.25, -0.2) is 4.79 Å². The highest BCUT2D eigenvalue weighted by Crippen LogP contribution is 2.39. The summed E-state index contributed by atoms with van der Waals surface area (Å²) in [6.07, 6.45) is 3.43. The maximum absolute atomic E-state index is 10.9. The highest BCUT2D eigenvalue weighted by Gasteiger charge is 2.45. The van der Waals surface area contributed by atoms with Gasteiger partial charge >= 0.3 is 6.09 Å². The second-order valence-electron chi connectivity index (χ2n) is 3.70. The molecule has 1 aliphatic rings. The molecule has 0 saturated carbocycles. The van der Waals surface area contributed by atoms with Crippen LogP contribution in [-0.2, 0) is 5.54 Å². The number of likely N-dealkylation sites (tertiary alicyclic amines) is 1. The molecule has 1 amide bonds. The molecule has 74 valence electrons. The standard InChI is InChI=1S/C10H12N2O2/c1-10(4-6-12(10)9(13)14)8-3-2-5-11-7-8/h2-3,5,7H,4,6H2,1H3,(H,13,14). The van der Waals surface area contributed by atoms with Gasteiger partial charge < -0.3 is 5.11 Å². The topological polar surface area (TPSA) is 53.4 Å². The van der Waals surface area contributed by atoms with Crippen molar-refractivity contribution < 1.29 is 9.90 Å². The Labute approximate surface area is 82.2 Å². The highest BCUT2D eigenvalue weighted by atomic mass is 16.4. The minimum absolute atomic E-state index is 0.375. The molecule has 1 atom stereocenters. The van der Waals surface area contributed by atoms with Gasteiger partial charge in [0, 0.05) is 18.9 Å². The zero-order valence-electron chi connectivity index (χ0n) is 7.97. The fourth-order valence-corrected chi connectivity index (χ4v) is 1.85. The van der Waals surface area contributed by atoms with Crippen molar-refractivity contribution in [3.05, 3.63) is 30.1 Å². The molecule has 1 aliphatic heterocycles. The Bertz CT molecular complexity index is 352. The molecule has 1 fully saturated rings. The van der Waals surface area contributed by atoms with Gasteiger partial charge in [0.15, 0.2) is 0 Å². The Hall–Kier alpha value is -1.58. The van der Waals surface area contributed by atoms with Gasteiger partial charge in [0.1, 0.15) is 0 Å². The molecule has 0 aromatic carbocycles. The van der Waals surface area contributed by atoms with Gasteiger partial charge in [0.2, 0.25) is 0 Å². The van der Waals surface area contributed by atoms with Crippen molar-refractivity contribution in [3.63, 3.8) is 0 Å². The number of carboxylic acid groups (broad SMARTS) is 1. The summed E-state index contributed by atoms with van der Waals surface area (Å²) < 4.78 is 0. The van der Waals surface area contributed by atoms with E-state index in [4.69, 9.17) is 5.11 Å². The summed E-state index contributed by atoms with van der Waals surface area (Å²) in [6, 6.07) is 3.75. The summed E-state index contributed by atoms with van der Waals surface area (Å²) in [6.45, 7) is 2.54. The van der Waals surface area contributed by atoms with Crippen molar-refractivity contribution in [2.45, 2.75) is 18.9 Å². The predicted molar refractivity (Wildman–Crippen MR) is 50.9 cm³/mol. The number of hydrogen-bond acceptors (Lipinski definition) is 2. The van der Waals surface area contributed by atoms with Crippen LogP contribution in [0.25, 0.3) is 0 Å². The Balaban J connectivity index is 2.30. The molecule has 4 nitrogen and oxygen atoms in total. The normalized spacial score (nSPS) is 25.6. The molecule has 0 radical (unpaired) electrons. The Kier molecular flexibility index (Phi) is 1.91. The third-order valence-electron chi connectivity index (χ3n) is 2.93. The molecule has 4 heteroatoms. The van der Waals surface area contributed by atoms with Crippen LogP contribution >= 0.6 is 0 Å². The molecule has 0 bridgehead atoms. The van der Waals surface area contributed by atoms with E-state index in [2.05, 4.69) is 4.98 Å². The van der Waals surface area contributed by atoms with E-state index in [9.17, 15) is 4.79 Å². The number of aromatic nitrogens is 1. The minimum Gasteiger partial charge on any atom is -0.465 e. The molecule has 0 aliphatic carbocycles. The number of amides is 1. The van der Waals surface area contributed by atoms with Crippen molar-refractivity contribution in [2.24, 2.45) is 0 Å². The van der Waals surface area contributed by atoms with Gasteiger partial charge in [-0.3, -0.25) is 9.88 Å². The smallest absolute Gasteiger partial charge is 0.408 e. The summed E-state index contributed by atoms with van der Waals surface area (Å²) in [7, 11) is 0. The predicted octanol–water partition coefficient (Wildman–Crippen LogP) is 1.68. The van der Waals surface area contributed by atoms with E-state index in [0.29, 0.717) is 6.54 Å². The van der Waals surface area contributed by atoms with E-state index in [1.807, 2.05) is 19.1 Å². The molecule has 1 aromatic rings. The van der Waals surface area contributed by atoms with E-state index < -0.39 is 6.09 Å². The Morgan fingerprint density at radius 3 is 2.93 bits per heavy atom. The summed E-state index contributed by atoms with van der Waals surface area (Å²) in [5.41, 5.74) is 0.591. The zero-order valence-corrected chi connectivity index (χ0v) is 7.97. The molecule has 0 spiro atoms. The van der Waals surface area contributed by atoms with Crippen molar-refractivity contribution >= 4 is 6.09 Å². The molecular formula is C10H12N2O2. The lowest BCUT2D eigenvalue weighted by Crippen LogP contribution is -2.57. The number of nitrogens with zero attached hydrogens (tertiary/aromatic N) is 2. The summed E-state index contributed by atoms with van der Waals surface area (Å²) in [5, 5.41) is 8.94. The average Bonchev–Trinajstić information content (AvgIpc) is 2.15. The molecule has 2 rings (SSSR count). The van der Waals surface area contributed by atoms with E-state index in [1.165, 1.54) is 4.90 Å². The quantitative estimate of drug-likeness (QED) is 0.736. The zero-order chi connectivity index (χ0) is 10.2. The van der Waals surface area contributed by atoms with E-state index in [0.717, 1.165) is 12.0 Å². The lowest BCUT2D eigenvalue weighted by molar-refractivity contribution is 0.00922. The average molecular weight is 192 g/mol. The van der Waals surface area contributed by atoms with Crippen LogP contribution in [0.4, 0.5) is 4.79 Å². The van der Waals surface area contributed by atoms with Crippen LogP contribution in [0.15, 0.2) is 24.5 Å². The van der Waals surface area contributed by atoms with Crippen molar-refractivity contribution in [1.82, 2.24) is 9.88 Å². The monoisotopic (exact) mass is 192 g/mol. The SMILES string of the molecule is CC1(c2cccnc2)CCN1C(=O)O. The molecular weight excluding hydrogens is 180 g/mol.